The van der Waals surface area contributed by atoms with Gasteiger partial charge in [-0.25, -0.2) is 0 Å². The Labute approximate surface area is 99.2 Å². The van der Waals surface area contributed by atoms with Crippen LogP contribution in [0.15, 0.2) is 29.2 Å². The molecule has 1 heterocycles. The zero-order valence-corrected chi connectivity index (χ0v) is 10.5. The Morgan fingerprint density at radius 1 is 1.44 bits per heavy atom. The summed E-state index contributed by atoms with van der Waals surface area (Å²) in [5, 5.41) is 0. The molecule has 16 heavy (non-hydrogen) atoms. The van der Waals surface area contributed by atoms with E-state index in [0.29, 0.717) is 6.54 Å². The number of para-hydroxylation sites is 1. The molecule has 0 fully saturated rings. The molecular formula is C9H14N2O3S2. The molecule has 4 N–H and O–H groups in total. The first-order valence-electron chi connectivity index (χ1n) is 4.52. The Hall–Kier alpha value is -0.760. The highest BCUT2D eigenvalue weighted by Gasteiger charge is 2.37. The molecule has 1 aromatic rings. The van der Waals surface area contributed by atoms with Crippen LogP contribution >= 0.6 is 11.8 Å². The monoisotopic (exact) mass is 262 g/mol. The first-order valence-corrected chi connectivity index (χ1v) is 6.91. The van der Waals surface area contributed by atoms with Gasteiger partial charge in [-0.3, -0.25) is 4.55 Å². The number of benzene rings is 1. The third-order valence-corrected chi connectivity index (χ3v) is 5.09. The molecule has 0 saturated carbocycles. The van der Waals surface area contributed by atoms with E-state index in [1.165, 1.54) is 0 Å². The molecule has 0 spiro atoms. The highest BCUT2D eigenvalue weighted by atomic mass is 32.3. The van der Waals surface area contributed by atoms with E-state index in [0.717, 1.165) is 22.3 Å². The second-order valence-corrected chi connectivity index (χ2v) is 6.09. The van der Waals surface area contributed by atoms with Crippen molar-refractivity contribution >= 4 is 27.6 Å². The van der Waals surface area contributed by atoms with Crippen LogP contribution in [0.2, 0.25) is 0 Å². The van der Waals surface area contributed by atoms with Crippen LogP contribution in [0.4, 0.5) is 5.69 Å². The van der Waals surface area contributed by atoms with Crippen molar-refractivity contribution in [2.45, 2.75) is 16.5 Å². The predicted octanol–water partition coefficient (Wildman–Crippen LogP) is 1.95. The summed E-state index contributed by atoms with van der Waals surface area (Å²) in [4.78, 5) is 2.57. The van der Waals surface area contributed by atoms with Gasteiger partial charge in [-0.15, -0.1) is 0 Å². The minimum atomic E-state index is -4.04. The maximum Gasteiger partial charge on any atom is 0.296 e. The van der Waals surface area contributed by atoms with Crippen LogP contribution in [-0.4, -0.2) is 24.2 Å². The molecule has 7 heteroatoms. The van der Waals surface area contributed by atoms with Crippen LogP contribution < -0.4 is 11.1 Å². The number of thioether (sulfide) groups is 1. The van der Waals surface area contributed by atoms with E-state index in [-0.39, 0.29) is 6.15 Å². The van der Waals surface area contributed by atoms with E-state index in [4.69, 9.17) is 4.55 Å². The van der Waals surface area contributed by atoms with Gasteiger partial charge in [0.25, 0.3) is 10.1 Å². The normalized spacial score (nSPS) is 19.1. The molecule has 0 radical (unpaired) electrons. The molecule has 90 valence electrons. The SMILES string of the molecule is CCN1c2ccccc2SC1S(=O)(=O)O.N. The maximum absolute atomic E-state index is 11.2. The largest absolute Gasteiger partial charge is 0.344 e. The molecule has 0 aromatic heterocycles. The Kier molecular flexibility index (Phi) is 3.84. The summed E-state index contributed by atoms with van der Waals surface area (Å²) in [7, 11) is -4.04. The van der Waals surface area contributed by atoms with Crippen molar-refractivity contribution in [3.05, 3.63) is 24.3 Å². The number of anilines is 1. The van der Waals surface area contributed by atoms with Crippen molar-refractivity contribution in [2.75, 3.05) is 11.4 Å². The minimum absolute atomic E-state index is 0. The highest BCUT2D eigenvalue weighted by molar-refractivity contribution is 8.12. The van der Waals surface area contributed by atoms with Crippen molar-refractivity contribution in [3.63, 3.8) is 0 Å². The molecule has 0 bridgehead atoms. The van der Waals surface area contributed by atoms with Crippen LogP contribution in [0.25, 0.3) is 0 Å². The van der Waals surface area contributed by atoms with Gasteiger partial charge in [0.15, 0.2) is 0 Å². The summed E-state index contributed by atoms with van der Waals surface area (Å²) >= 11 is 1.16. The first-order chi connectivity index (χ1) is 7.04. The molecule has 1 aliphatic heterocycles. The number of rotatable bonds is 2. The number of nitrogens with zero attached hydrogens (tertiary/aromatic N) is 1. The topological polar surface area (TPSA) is 92.6 Å². The van der Waals surface area contributed by atoms with E-state index in [9.17, 15) is 8.42 Å². The van der Waals surface area contributed by atoms with Gasteiger partial charge in [0, 0.05) is 11.4 Å². The molecule has 1 aliphatic rings. The smallest absolute Gasteiger partial charge is 0.296 e. The Morgan fingerprint density at radius 3 is 2.62 bits per heavy atom. The standard InChI is InChI=1S/C9H11NO3S2.H3N/c1-2-10-7-5-3-4-6-8(7)14-9(10)15(11,12)13;/h3-6,9H,2H2,1H3,(H,11,12,13);1H3. The van der Waals surface area contributed by atoms with Crippen molar-refractivity contribution in [1.82, 2.24) is 6.15 Å². The summed E-state index contributed by atoms with van der Waals surface area (Å²) in [6.07, 6.45) is 0. The summed E-state index contributed by atoms with van der Waals surface area (Å²) in [6, 6.07) is 7.42. The van der Waals surface area contributed by atoms with E-state index < -0.39 is 14.8 Å². The second-order valence-electron chi connectivity index (χ2n) is 3.19. The van der Waals surface area contributed by atoms with Crippen molar-refractivity contribution in [1.29, 1.82) is 0 Å². The Bertz CT molecular complexity index is 475. The van der Waals surface area contributed by atoms with Crippen LogP contribution in [0.5, 0.6) is 0 Å². The molecule has 1 atom stereocenters. The summed E-state index contributed by atoms with van der Waals surface area (Å²) < 4.78 is 30.5. The van der Waals surface area contributed by atoms with Gasteiger partial charge in [0.1, 0.15) is 0 Å². The summed E-state index contributed by atoms with van der Waals surface area (Å²) in [5.41, 5.74) is 0.868. The molecule has 1 unspecified atom stereocenters. The second kappa shape index (κ2) is 4.62. The molecule has 0 saturated heterocycles. The third kappa shape index (κ3) is 2.17. The van der Waals surface area contributed by atoms with Crippen LogP contribution in [0, 0.1) is 0 Å². The Morgan fingerprint density at radius 2 is 2.06 bits per heavy atom. The lowest BCUT2D eigenvalue weighted by Crippen LogP contribution is -2.35. The van der Waals surface area contributed by atoms with Crippen LogP contribution in [0.3, 0.4) is 0 Å². The lowest BCUT2D eigenvalue weighted by Gasteiger charge is -2.22. The number of hydrogen-bond donors (Lipinski definition) is 2. The van der Waals surface area contributed by atoms with Crippen molar-refractivity contribution < 1.29 is 13.0 Å². The quantitative estimate of drug-likeness (QED) is 0.791. The van der Waals surface area contributed by atoms with Crippen molar-refractivity contribution in [3.8, 4) is 0 Å². The number of hydrogen-bond acceptors (Lipinski definition) is 5. The molecule has 5 nitrogen and oxygen atoms in total. The first kappa shape index (κ1) is 13.3. The fourth-order valence-electron chi connectivity index (χ4n) is 1.62. The van der Waals surface area contributed by atoms with Gasteiger partial charge >= 0.3 is 0 Å². The van der Waals surface area contributed by atoms with Crippen LogP contribution in [0.1, 0.15) is 6.92 Å². The van der Waals surface area contributed by atoms with Gasteiger partial charge < -0.3 is 11.1 Å². The predicted molar refractivity (Wildman–Crippen MR) is 65.7 cm³/mol. The third-order valence-electron chi connectivity index (χ3n) is 2.25. The van der Waals surface area contributed by atoms with E-state index >= 15 is 0 Å². The van der Waals surface area contributed by atoms with E-state index in [1.807, 2.05) is 31.2 Å². The minimum Gasteiger partial charge on any atom is -0.344 e. The fraction of sp³-hybridized carbons (Fsp3) is 0.333. The fourth-order valence-corrected chi connectivity index (χ4v) is 4.07. The molecular weight excluding hydrogens is 248 g/mol. The average molecular weight is 262 g/mol. The van der Waals surface area contributed by atoms with Crippen LogP contribution in [-0.2, 0) is 10.1 Å². The molecule has 1 aromatic carbocycles. The maximum atomic E-state index is 11.2. The lowest BCUT2D eigenvalue weighted by molar-refractivity contribution is 0.478. The van der Waals surface area contributed by atoms with Gasteiger partial charge in [-0.05, 0) is 19.1 Å². The average Bonchev–Trinajstić information content (AvgIpc) is 2.55. The Balaban J connectivity index is 0.00000128. The zero-order valence-electron chi connectivity index (χ0n) is 8.83. The van der Waals surface area contributed by atoms with Gasteiger partial charge in [-0.1, -0.05) is 23.9 Å². The summed E-state index contributed by atoms with van der Waals surface area (Å²) in [5.74, 6) is 0. The van der Waals surface area contributed by atoms with E-state index in [1.54, 1.807) is 4.90 Å². The molecule has 0 amide bonds. The number of fused-ring (bicyclic) bond motifs is 1. The zero-order chi connectivity index (χ0) is 11.1. The van der Waals surface area contributed by atoms with Crippen molar-refractivity contribution in [2.24, 2.45) is 0 Å². The van der Waals surface area contributed by atoms with E-state index in [2.05, 4.69) is 0 Å². The summed E-state index contributed by atoms with van der Waals surface area (Å²) in [6.45, 7) is 2.41. The lowest BCUT2D eigenvalue weighted by atomic mass is 10.3. The van der Waals surface area contributed by atoms with Gasteiger partial charge in [0.2, 0.25) is 4.71 Å². The van der Waals surface area contributed by atoms with Gasteiger partial charge in [-0.2, -0.15) is 8.42 Å². The highest BCUT2D eigenvalue weighted by Crippen LogP contribution is 2.44. The molecule has 0 aliphatic carbocycles. The van der Waals surface area contributed by atoms with Gasteiger partial charge in [0.05, 0.1) is 5.69 Å². The molecule has 2 rings (SSSR count).